The van der Waals surface area contributed by atoms with Crippen LogP contribution in [0.5, 0.6) is 5.75 Å². The number of ether oxygens (including phenoxy) is 1. The van der Waals surface area contributed by atoms with Gasteiger partial charge in [0.15, 0.2) is 17.4 Å². The van der Waals surface area contributed by atoms with Crippen molar-refractivity contribution < 1.29 is 47.1 Å². The first-order valence-electron chi connectivity index (χ1n) is 27.6. The third kappa shape index (κ3) is 16.7. The quantitative estimate of drug-likeness (QED) is 0.0291. The molecule has 6 rings (SSSR count). The van der Waals surface area contributed by atoms with Crippen molar-refractivity contribution in [3.05, 3.63) is 118 Å². The molecule has 0 unspecified atom stereocenters. The Balaban J connectivity index is 0.886. The van der Waals surface area contributed by atoms with E-state index in [9.17, 15) is 42.3 Å². The monoisotopic (exact) mass is 1130 g/mol. The average Bonchev–Trinajstić information content (AvgIpc) is 3.88. The van der Waals surface area contributed by atoms with Gasteiger partial charge in [0.25, 0.3) is 11.8 Å². The molecule has 2 aliphatic rings. The summed E-state index contributed by atoms with van der Waals surface area (Å²) in [7, 11) is 1.66. The Morgan fingerprint density at radius 3 is 2.10 bits per heavy atom. The normalized spacial score (nSPS) is 16.9. The summed E-state index contributed by atoms with van der Waals surface area (Å²) in [6.45, 7) is 12.4. The number of benzene rings is 3. The fourth-order valence-electron chi connectivity index (χ4n) is 9.83. The Morgan fingerprint density at radius 2 is 1.46 bits per heavy atom. The van der Waals surface area contributed by atoms with Crippen LogP contribution in [0.1, 0.15) is 150 Å². The molecule has 432 valence electrons. The molecule has 2 saturated heterocycles. The first kappa shape index (κ1) is 62.0. The van der Waals surface area contributed by atoms with Crippen LogP contribution in [0, 0.1) is 17.0 Å². The molecular weight excluding hydrogens is 1050 g/mol. The van der Waals surface area contributed by atoms with E-state index in [0.717, 1.165) is 49.8 Å². The van der Waals surface area contributed by atoms with E-state index >= 15 is 0 Å². The zero-order chi connectivity index (χ0) is 58.3. The number of pyridine rings is 1. The number of likely N-dealkylation sites (tertiary alicyclic amines) is 1. The minimum Gasteiger partial charge on any atom is -0.482 e. The maximum atomic E-state index is 14.6. The highest BCUT2D eigenvalue weighted by Crippen LogP contribution is 2.33. The number of aromatic nitrogens is 1. The molecule has 18 nitrogen and oxygen atoms in total. The van der Waals surface area contributed by atoms with Gasteiger partial charge in [-0.15, -0.1) is 0 Å². The van der Waals surface area contributed by atoms with Gasteiger partial charge in [-0.25, -0.2) is 13.8 Å². The first-order chi connectivity index (χ1) is 38.1. The number of halogens is 3. The number of anilines is 2. The molecule has 7 amide bonds. The van der Waals surface area contributed by atoms with Gasteiger partial charge in [-0.3, -0.25) is 33.6 Å². The lowest BCUT2D eigenvalue weighted by molar-refractivity contribution is -0.144. The minimum absolute atomic E-state index is 0.0395. The number of nitrogens with one attached hydrogen (secondary N) is 5. The van der Waals surface area contributed by atoms with Gasteiger partial charge < -0.3 is 51.8 Å². The van der Waals surface area contributed by atoms with Crippen molar-refractivity contribution in [3.63, 3.8) is 0 Å². The van der Waals surface area contributed by atoms with Crippen LogP contribution in [0.4, 0.5) is 20.3 Å². The number of carbonyl (C=O) groups is 7. The predicted molar refractivity (Wildman–Crippen MR) is 302 cm³/mol. The smallest absolute Gasteiger partial charge is 0.257 e. The van der Waals surface area contributed by atoms with Crippen LogP contribution in [-0.2, 0) is 24.0 Å². The van der Waals surface area contributed by atoms with Gasteiger partial charge in [0.2, 0.25) is 29.5 Å². The topological polar surface area (TPSA) is 238 Å². The molecular formula is C59H77ClF2N10O8. The molecule has 4 aromatic rings. The number of piperazine rings is 1. The van der Waals surface area contributed by atoms with Crippen molar-refractivity contribution in [1.29, 1.82) is 0 Å². The fourth-order valence-corrected chi connectivity index (χ4v) is 9.99. The molecule has 0 bridgehead atoms. The summed E-state index contributed by atoms with van der Waals surface area (Å²) in [6.07, 6.45) is 6.49. The number of carbonyl (C=O) groups excluding carboxylic acids is 7. The number of nitrogens with two attached hydrogens (primary N) is 1. The number of rotatable bonds is 24. The summed E-state index contributed by atoms with van der Waals surface area (Å²) in [5.41, 5.74) is 6.68. The van der Waals surface area contributed by atoms with E-state index in [0.29, 0.717) is 63.1 Å². The molecule has 21 heteroatoms. The van der Waals surface area contributed by atoms with Crippen LogP contribution in [0.3, 0.4) is 0 Å². The summed E-state index contributed by atoms with van der Waals surface area (Å²) in [5, 5.41) is 14.5. The highest BCUT2D eigenvalue weighted by atomic mass is 35.5. The molecule has 1 aromatic heterocycles. The molecule has 6 atom stereocenters. The first-order valence-corrected chi connectivity index (χ1v) is 27.9. The second-order valence-corrected chi connectivity index (χ2v) is 22.1. The van der Waals surface area contributed by atoms with Gasteiger partial charge >= 0.3 is 0 Å². The SMILES string of the molecule is CC[C@H](NC(=O)[C@H]1C[C@@H](NC(=O)CCCCCCCCC(=O)N2CCN(C(=O)c3ccc(NC(=O)c4cnc(N)c(O[C@H](C)c5c(F)ccc(Cl)c5F)c4)cc3)CC2)CN1C(=O)[C@H](NC(=O)[C@@H](C)NC)C(C)(C)C)c1ccccc1. The van der Waals surface area contributed by atoms with Crippen LogP contribution in [0.2, 0.25) is 5.02 Å². The number of nitrogen functional groups attached to an aromatic ring is 1. The Morgan fingerprint density at radius 1 is 0.825 bits per heavy atom. The third-order valence-corrected chi connectivity index (χ3v) is 15.0. The van der Waals surface area contributed by atoms with Crippen LogP contribution < -0.4 is 37.1 Å². The second-order valence-electron chi connectivity index (χ2n) is 21.7. The van der Waals surface area contributed by atoms with E-state index in [1.54, 1.807) is 48.0 Å². The second kappa shape index (κ2) is 28.8. The molecule has 0 aliphatic carbocycles. The maximum absolute atomic E-state index is 14.6. The van der Waals surface area contributed by atoms with Crippen molar-refractivity contribution in [3.8, 4) is 5.75 Å². The van der Waals surface area contributed by atoms with E-state index in [2.05, 4.69) is 31.6 Å². The van der Waals surface area contributed by atoms with Crippen molar-refractivity contribution in [2.75, 3.05) is 50.8 Å². The van der Waals surface area contributed by atoms with Gasteiger partial charge in [-0.2, -0.15) is 0 Å². The largest absolute Gasteiger partial charge is 0.482 e. The zero-order valence-corrected chi connectivity index (χ0v) is 47.6. The number of amides is 7. The Hall–Kier alpha value is -7.19. The number of hydrogen-bond acceptors (Lipinski definition) is 11. The number of nitrogens with zero attached hydrogens (tertiary/aromatic N) is 4. The van der Waals surface area contributed by atoms with Gasteiger partial charge in [0.1, 0.15) is 24.0 Å². The van der Waals surface area contributed by atoms with Gasteiger partial charge in [0.05, 0.1) is 28.2 Å². The summed E-state index contributed by atoms with van der Waals surface area (Å²) in [5.74, 6) is -3.93. The molecule has 7 N–H and O–H groups in total. The van der Waals surface area contributed by atoms with Crippen molar-refractivity contribution in [2.45, 2.75) is 142 Å². The summed E-state index contributed by atoms with van der Waals surface area (Å²) in [6, 6.07) is 16.4. The van der Waals surface area contributed by atoms with Crippen molar-refractivity contribution in [2.24, 2.45) is 5.41 Å². The fraction of sp³-hybridized carbons (Fsp3) is 0.492. The molecule has 0 saturated carbocycles. The molecule has 0 radical (unpaired) electrons. The van der Waals surface area contributed by atoms with E-state index in [-0.39, 0.29) is 76.6 Å². The number of likely N-dealkylation sites (N-methyl/N-ethyl adjacent to an activating group) is 1. The Bertz CT molecular complexity index is 2810. The van der Waals surface area contributed by atoms with E-state index in [1.165, 1.54) is 24.1 Å². The van der Waals surface area contributed by atoms with Crippen LogP contribution in [-0.4, -0.2) is 125 Å². The van der Waals surface area contributed by atoms with Crippen molar-refractivity contribution >= 4 is 64.5 Å². The van der Waals surface area contributed by atoms with Crippen molar-refractivity contribution in [1.82, 2.24) is 41.0 Å². The highest BCUT2D eigenvalue weighted by molar-refractivity contribution is 6.30. The maximum Gasteiger partial charge on any atom is 0.257 e. The summed E-state index contributed by atoms with van der Waals surface area (Å²) < 4.78 is 34.8. The van der Waals surface area contributed by atoms with Gasteiger partial charge in [-0.05, 0) is 100 Å². The molecule has 3 heterocycles. The Labute approximate surface area is 472 Å². The highest BCUT2D eigenvalue weighted by Gasteiger charge is 2.46. The lowest BCUT2D eigenvalue weighted by Gasteiger charge is -2.36. The van der Waals surface area contributed by atoms with E-state index in [1.807, 2.05) is 58.0 Å². The lowest BCUT2D eigenvalue weighted by Crippen LogP contribution is -2.59. The summed E-state index contributed by atoms with van der Waals surface area (Å²) in [4.78, 5) is 103. The van der Waals surface area contributed by atoms with Crippen LogP contribution >= 0.6 is 11.6 Å². The average molecular weight is 1130 g/mol. The number of hydrogen-bond donors (Lipinski definition) is 6. The van der Waals surface area contributed by atoms with Gasteiger partial charge in [0, 0.05) is 69.1 Å². The van der Waals surface area contributed by atoms with Crippen LogP contribution in [0.15, 0.2) is 79.0 Å². The van der Waals surface area contributed by atoms with E-state index in [4.69, 9.17) is 22.1 Å². The predicted octanol–water partition coefficient (Wildman–Crippen LogP) is 7.88. The van der Waals surface area contributed by atoms with E-state index < -0.39 is 58.8 Å². The number of unbranched alkanes of at least 4 members (excludes halogenated alkanes) is 5. The lowest BCUT2D eigenvalue weighted by atomic mass is 9.85. The third-order valence-electron chi connectivity index (χ3n) is 14.7. The molecule has 80 heavy (non-hydrogen) atoms. The summed E-state index contributed by atoms with van der Waals surface area (Å²) >= 11 is 5.84. The van der Waals surface area contributed by atoms with Gasteiger partial charge in [-0.1, -0.05) is 95.3 Å². The van der Waals surface area contributed by atoms with Crippen LogP contribution in [0.25, 0.3) is 0 Å². The molecule has 2 fully saturated rings. The standard InChI is InChI=1S/C59H77ClF2N10O8/c1-8-45(38-18-14-13-15-19-38)68-56(77)46-33-42(35-72(46)58(79)52(59(4,5)6)69-54(75)36(2)64-7)66-48(73)20-16-11-9-10-12-17-21-49(74)70-28-30-71(31-29-70)57(78)39-22-24-41(25-23-39)67-55(76)40-32-47(53(63)65-34-40)80-37(3)50-44(61)27-26-43(60)51(50)62/h13-15,18-19,22-27,32,34,36-37,42,45-46,52,64H,8-12,16-17,20-21,28-31,33,35H2,1-7H3,(H2,63,65)(H,66,73)(H,67,76)(H,68,77)(H,69,75)/t36-,37-,42-,45+,46-,52+/m1/s1. The molecule has 0 spiro atoms. The Kier molecular flexibility index (Phi) is 22.3. The molecule has 2 aliphatic heterocycles. The zero-order valence-electron chi connectivity index (χ0n) is 46.8. The minimum atomic E-state index is -1.16. The molecule has 3 aromatic carbocycles.